The zero-order valence-corrected chi connectivity index (χ0v) is 8.56. The van der Waals surface area contributed by atoms with E-state index in [1.807, 2.05) is 52.0 Å². The highest BCUT2D eigenvalue weighted by Gasteiger charge is 1.97. The van der Waals surface area contributed by atoms with Crippen LogP contribution in [0.4, 0.5) is 0 Å². The molecule has 0 aliphatic carbocycles. The molecule has 0 unspecified atom stereocenters. The minimum atomic E-state index is 1.05. The first kappa shape index (κ1) is 8.91. The molecular formula is C12H10N4. The van der Waals surface area contributed by atoms with Gasteiger partial charge >= 0.3 is 0 Å². The van der Waals surface area contributed by atoms with Crippen LogP contribution in [0.5, 0.6) is 0 Å². The SMILES string of the molecule is c1cnn(-c2ccc(-n3ccnc3)cc2)c1. The van der Waals surface area contributed by atoms with E-state index in [0.717, 1.165) is 11.4 Å². The molecule has 4 nitrogen and oxygen atoms in total. The van der Waals surface area contributed by atoms with Crippen molar-refractivity contribution < 1.29 is 0 Å². The molecule has 0 aliphatic rings. The molecule has 3 aromatic rings. The van der Waals surface area contributed by atoms with Crippen LogP contribution < -0.4 is 0 Å². The average Bonchev–Trinajstić information content (AvgIpc) is 3.03. The molecule has 0 spiro atoms. The Morgan fingerprint density at radius 2 is 1.69 bits per heavy atom. The van der Waals surface area contributed by atoms with Crippen molar-refractivity contribution in [1.82, 2.24) is 19.3 Å². The van der Waals surface area contributed by atoms with E-state index in [-0.39, 0.29) is 0 Å². The van der Waals surface area contributed by atoms with Crippen molar-refractivity contribution in [2.24, 2.45) is 0 Å². The highest BCUT2D eigenvalue weighted by molar-refractivity contribution is 5.40. The molecule has 16 heavy (non-hydrogen) atoms. The Balaban J connectivity index is 1.97. The molecule has 0 atom stereocenters. The van der Waals surface area contributed by atoms with E-state index in [0.29, 0.717) is 0 Å². The zero-order valence-electron chi connectivity index (χ0n) is 8.56. The number of hydrogen-bond acceptors (Lipinski definition) is 2. The first-order valence-electron chi connectivity index (χ1n) is 5.02. The van der Waals surface area contributed by atoms with E-state index in [2.05, 4.69) is 10.1 Å². The molecule has 0 saturated heterocycles. The van der Waals surface area contributed by atoms with E-state index < -0.39 is 0 Å². The Labute approximate surface area is 92.8 Å². The fourth-order valence-corrected chi connectivity index (χ4v) is 1.61. The summed E-state index contributed by atoms with van der Waals surface area (Å²) in [7, 11) is 0. The van der Waals surface area contributed by atoms with Crippen molar-refractivity contribution in [1.29, 1.82) is 0 Å². The van der Waals surface area contributed by atoms with Crippen LogP contribution in [0.2, 0.25) is 0 Å². The molecule has 0 fully saturated rings. The Hall–Kier alpha value is -2.36. The van der Waals surface area contributed by atoms with Crippen LogP contribution in [0, 0.1) is 0 Å². The third kappa shape index (κ3) is 1.50. The molecule has 0 saturated carbocycles. The molecule has 0 radical (unpaired) electrons. The van der Waals surface area contributed by atoms with Crippen LogP contribution >= 0.6 is 0 Å². The van der Waals surface area contributed by atoms with Crippen molar-refractivity contribution in [3.05, 3.63) is 61.4 Å². The minimum Gasteiger partial charge on any atom is -0.306 e. The first-order chi connectivity index (χ1) is 7.93. The van der Waals surface area contributed by atoms with Crippen molar-refractivity contribution in [3.8, 4) is 11.4 Å². The van der Waals surface area contributed by atoms with Crippen LogP contribution in [0.25, 0.3) is 11.4 Å². The standard InChI is InChI=1S/C12H10N4/c1-6-14-16(8-1)12-4-2-11(3-5-12)15-9-7-13-10-15/h1-10H. The predicted octanol–water partition coefficient (Wildman–Crippen LogP) is 2.06. The van der Waals surface area contributed by atoms with Gasteiger partial charge in [0.1, 0.15) is 0 Å². The topological polar surface area (TPSA) is 35.6 Å². The number of hydrogen-bond donors (Lipinski definition) is 0. The molecule has 78 valence electrons. The van der Waals surface area contributed by atoms with Gasteiger partial charge in [0.25, 0.3) is 0 Å². The van der Waals surface area contributed by atoms with Gasteiger partial charge in [-0.2, -0.15) is 5.10 Å². The van der Waals surface area contributed by atoms with Crippen LogP contribution in [-0.2, 0) is 0 Å². The third-order valence-corrected chi connectivity index (χ3v) is 2.42. The molecule has 0 amide bonds. The van der Waals surface area contributed by atoms with Gasteiger partial charge in [-0.25, -0.2) is 9.67 Å². The fourth-order valence-electron chi connectivity index (χ4n) is 1.61. The number of rotatable bonds is 2. The van der Waals surface area contributed by atoms with Gasteiger partial charge < -0.3 is 4.57 Å². The van der Waals surface area contributed by atoms with Gasteiger partial charge in [-0.1, -0.05) is 0 Å². The first-order valence-corrected chi connectivity index (χ1v) is 5.02. The summed E-state index contributed by atoms with van der Waals surface area (Å²) in [4.78, 5) is 4.02. The van der Waals surface area contributed by atoms with E-state index in [1.54, 1.807) is 18.7 Å². The maximum absolute atomic E-state index is 4.18. The smallest absolute Gasteiger partial charge is 0.0991 e. The highest BCUT2D eigenvalue weighted by Crippen LogP contribution is 2.11. The molecule has 1 aromatic carbocycles. The van der Waals surface area contributed by atoms with Crippen molar-refractivity contribution in [2.45, 2.75) is 0 Å². The molecule has 4 heteroatoms. The largest absolute Gasteiger partial charge is 0.306 e. The lowest BCUT2D eigenvalue weighted by molar-refractivity contribution is 0.879. The van der Waals surface area contributed by atoms with Gasteiger partial charge in [-0.05, 0) is 30.3 Å². The molecule has 2 aromatic heterocycles. The zero-order chi connectivity index (χ0) is 10.8. The molecule has 0 aliphatic heterocycles. The van der Waals surface area contributed by atoms with E-state index in [9.17, 15) is 0 Å². The molecule has 3 rings (SSSR count). The van der Waals surface area contributed by atoms with Crippen LogP contribution in [0.3, 0.4) is 0 Å². The number of aromatic nitrogens is 4. The summed E-state index contributed by atoms with van der Waals surface area (Å²) < 4.78 is 3.80. The Morgan fingerprint density at radius 1 is 0.875 bits per heavy atom. The van der Waals surface area contributed by atoms with Gasteiger partial charge in [0.15, 0.2) is 0 Å². The summed E-state index contributed by atoms with van der Waals surface area (Å²) in [5, 5.41) is 4.18. The summed E-state index contributed by atoms with van der Waals surface area (Å²) in [6, 6.07) is 10.0. The summed E-state index contributed by atoms with van der Waals surface area (Å²) >= 11 is 0. The molecule has 0 bridgehead atoms. The quantitative estimate of drug-likeness (QED) is 0.649. The average molecular weight is 210 g/mol. The molecule has 0 N–H and O–H groups in total. The monoisotopic (exact) mass is 210 g/mol. The van der Waals surface area contributed by atoms with E-state index in [1.165, 1.54) is 0 Å². The Morgan fingerprint density at radius 3 is 2.31 bits per heavy atom. The highest BCUT2D eigenvalue weighted by atomic mass is 15.3. The Kier molecular flexibility index (Phi) is 2.04. The van der Waals surface area contributed by atoms with Crippen molar-refractivity contribution >= 4 is 0 Å². The lowest BCUT2D eigenvalue weighted by atomic mass is 10.3. The molecular weight excluding hydrogens is 200 g/mol. The van der Waals surface area contributed by atoms with Gasteiger partial charge in [-0.3, -0.25) is 0 Å². The van der Waals surface area contributed by atoms with Crippen molar-refractivity contribution in [3.63, 3.8) is 0 Å². The maximum Gasteiger partial charge on any atom is 0.0991 e. The summed E-state index contributed by atoms with van der Waals surface area (Å²) in [6.45, 7) is 0. The maximum atomic E-state index is 4.18. The van der Waals surface area contributed by atoms with Crippen molar-refractivity contribution in [2.75, 3.05) is 0 Å². The Bertz CT molecular complexity index is 496. The van der Waals surface area contributed by atoms with E-state index >= 15 is 0 Å². The lowest BCUT2D eigenvalue weighted by Crippen LogP contribution is -1.95. The van der Waals surface area contributed by atoms with Crippen LogP contribution in [-0.4, -0.2) is 19.3 Å². The van der Waals surface area contributed by atoms with Gasteiger partial charge in [0, 0.05) is 30.5 Å². The van der Waals surface area contributed by atoms with Gasteiger partial charge in [-0.15, -0.1) is 0 Å². The predicted molar refractivity (Wildman–Crippen MR) is 60.7 cm³/mol. The van der Waals surface area contributed by atoms with Crippen LogP contribution in [0.15, 0.2) is 61.4 Å². The second-order valence-electron chi connectivity index (χ2n) is 3.44. The van der Waals surface area contributed by atoms with Gasteiger partial charge in [0.2, 0.25) is 0 Å². The minimum absolute atomic E-state index is 1.05. The number of imidazole rings is 1. The summed E-state index contributed by atoms with van der Waals surface area (Å²) in [5.74, 6) is 0. The van der Waals surface area contributed by atoms with Crippen LogP contribution in [0.1, 0.15) is 0 Å². The lowest BCUT2D eigenvalue weighted by Gasteiger charge is -2.04. The van der Waals surface area contributed by atoms with Gasteiger partial charge in [0.05, 0.1) is 12.0 Å². The third-order valence-electron chi connectivity index (χ3n) is 2.42. The summed E-state index contributed by atoms with van der Waals surface area (Å²) in [6.07, 6.45) is 9.16. The summed E-state index contributed by atoms with van der Waals surface area (Å²) in [5.41, 5.74) is 2.14. The number of benzene rings is 1. The normalized spacial score (nSPS) is 10.5. The second kappa shape index (κ2) is 3.66. The second-order valence-corrected chi connectivity index (χ2v) is 3.44. The fraction of sp³-hybridized carbons (Fsp3) is 0. The number of nitrogens with zero attached hydrogens (tertiary/aromatic N) is 4. The van der Waals surface area contributed by atoms with E-state index in [4.69, 9.17) is 0 Å². The molecule has 2 heterocycles.